The van der Waals surface area contributed by atoms with E-state index >= 15 is 0 Å². The van der Waals surface area contributed by atoms with Crippen LogP contribution in [0.4, 0.5) is 18.9 Å². The van der Waals surface area contributed by atoms with Crippen LogP contribution in [0, 0.1) is 21.4 Å². The summed E-state index contributed by atoms with van der Waals surface area (Å²) in [5.41, 5.74) is -1.73. The molecule has 0 radical (unpaired) electrons. The van der Waals surface area contributed by atoms with E-state index in [1.165, 1.54) is 25.3 Å². The first-order chi connectivity index (χ1) is 11.3. The van der Waals surface area contributed by atoms with E-state index in [-0.39, 0.29) is 22.8 Å². The molecule has 0 saturated heterocycles. The van der Waals surface area contributed by atoms with E-state index < -0.39 is 22.4 Å². The van der Waals surface area contributed by atoms with Crippen molar-refractivity contribution >= 4 is 5.69 Å². The van der Waals surface area contributed by atoms with Crippen molar-refractivity contribution in [2.45, 2.75) is 6.18 Å². The third-order valence-corrected chi connectivity index (χ3v) is 3.00. The first-order valence-electron chi connectivity index (χ1n) is 6.38. The summed E-state index contributed by atoms with van der Waals surface area (Å²) in [6.45, 7) is 0. The zero-order chi connectivity index (χ0) is 17.9. The van der Waals surface area contributed by atoms with Crippen LogP contribution < -0.4 is 9.47 Å². The van der Waals surface area contributed by atoms with Gasteiger partial charge in [0, 0.05) is 12.1 Å². The lowest BCUT2D eigenvalue weighted by molar-refractivity contribution is -0.385. The molecule has 0 heterocycles. The highest BCUT2D eigenvalue weighted by Gasteiger charge is 2.33. The smallest absolute Gasteiger partial charge is 0.416 e. The van der Waals surface area contributed by atoms with E-state index in [0.29, 0.717) is 12.1 Å². The molecular formula is C15H9F3N2O4. The van der Waals surface area contributed by atoms with Gasteiger partial charge in [0.2, 0.25) is 5.75 Å². The molecule has 0 N–H and O–H groups in total. The molecule has 6 nitrogen and oxygen atoms in total. The average molecular weight is 338 g/mol. The van der Waals surface area contributed by atoms with E-state index in [9.17, 15) is 23.3 Å². The van der Waals surface area contributed by atoms with E-state index in [0.717, 1.165) is 6.07 Å². The van der Waals surface area contributed by atoms with Crippen LogP contribution in [0.3, 0.4) is 0 Å². The molecule has 0 aliphatic carbocycles. The minimum atomic E-state index is -4.71. The van der Waals surface area contributed by atoms with Gasteiger partial charge in [0.05, 0.1) is 29.2 Å². The van der Waals surface area contributed by atoms with Gasteiger partial charge in [0.15, 0.2) is 11.5 Å². The fourth-order valence-electron chi connectivity index (χ4n) is 1.86. The van der Waals surface area contributed by atoms with Crippen molar-refractivity contribution in [2.75, 3.05) is 7.11 Å². The van der Waals surface area contributed by atoms with Gasteiger partial charge < -0.3 is 9.47 Å². The Bertz CT molecular complexity index is 828. The molecule has 0 aliphatic rings. The molecule has 0 aliphatic heterocycles. The molecule has 9 heteroatoms. The number of methoxy groups -OCH3 is 1. The largest absolute Gasteiger partial charge is 0.493 e. The standard InChI is InChI=1S/C15H9F3N2O4/c1-23-14-6-9(8-19)2-4-13(14)24-12-5-3-10(15(16,17)18)7-11(12)20(21)22/h2-7H,1H3. The van der Waals surface area contributed by atoms with Crippen molar-refractivity contribution in [2.24, 2.45) is 0 Å². The van der Waals surface area contributed by atoms with Gasteiger partial charge in [-0.05, 0) is 24.3 Å². The first kappa shape index (κ1) is 17.1. The van der Waals surface area contributed by atoms with E-state index in [1.807, 2.05) is 6.07 Å². The van der Waals surface area contributed by atoms with Gasteiger partial charge in [0.25, 0.3) is 0 Å². The highest BCUT2D eigenvalue weighted by atomic mass is 19.4. The summed E-state index contributed by atoms with van der Waals surface area (Å²) in [4.78, 5) is 10.1. The summed E-state index contributed by atoms with van der Waals surface area (Å²) < 4.78 is 48.4. The number of benzene rings is 2. The van der Waals surface area contributed by atoms with Gasteiger partial charge in [-0.15, -0.1) is 0 Å². The predicted molar refractivity (Wildman–Crippen MR) is 75.9 cm³/mol. The lowest BCUT2D eigenvalue weighted by Crippen LogP contribution is -2.06. The van der Waals surface area contributed by atoms with E-state index in [4.69, 9.17) is 14.7 Å². The molecule has 0 saturated carbocycles. The van der Waals surface area contributed by atoms with Crippen LogP contribution in [0.1, 0.15) is 11.1 Å². The SMILES string of the molecule is COc1cc(C#N)ccc1Oc1ccc(C(F)(F)F)cc1[N+](=O)[O-]. The topological polar surface area (TPSA) is 85.4 Å². The lowest BCUT2D eigenvalue weighted by Gasteiger charge is -2.12. The van der Waals surface area contributed by atoms with Gasteiger partial charge in [0.1, 0.15) is 0 Å². The maximum Gasteiger partial charge on any atom is 0.416 e. The van der Waals surface area contributed by atoms with Gasteiger partial charge in [-0.2, -0.15) is 18.4 Å². The molecule has 0 amide bonds. The normalized spacial score (nSPS) is 10.8. The zero-order valence-corrected chi connectivity index (χ0v) is 12.1. The Kier molecular flexibility index (Phi) is 4.59. The van der Waals surface area contributed by atoms with E-state index in [1.54, 1.807) is 0 Å². The van der Waals surface area contributed by atoms with Gasteiger partial charge in [-0.25, -0.2) is 0 Å². The molecule has 2 aromatic rings. The maximum absolute atomic E-state index is 12.7. The van der Waals surface area contributed by atoms with Crippen molar-refractivity contribution in [3.8, 4) is 23.3 Å². The second-order valence-corrected chi connectivity index (χ2v) is 4.52. The van der Waals surface area contributed by atoms with Crippen molar-refractivity contribution in [1.82, 2.24) is 0 Å². The molecule has 2 aromatic carbocycles. The molecular weight excluding hydrogens is 329 g/mol. The Morgan fingerprint density at radius 3 is 2.33 bits per heavy atom. The van der Waals surface area contributed by atoms with Crippen LogP contribution in [0.5, 0.6) is 17.2 Å². The Labute approximate surface area is 133 Å². The molecule has 0 unspecified atom stereocenters. The summed E-state index contributed by atoms with van der Waals surface area (Å²) in [6, 6.07) is 7.86. The number of nitro benzene ring substituents is 1. The zero-order valence-electron chi connectivity index (χ0n) is 12.1. The minimum absolute atomic E-state index is 0.0272. The number of halogens is 3. The fraction of sp³-hybridized carbons (Fsp3) is 0.133. The van der Waals surface area contributed by atoms with Crippen molar-refractivity contribution in [3.05, 3.63) is 57.6 Å². The molecule has 2 rings (SSSR count). The maximum atomic E-state index is 12.7. The molecule has 0 bridgehead atoms. The van der Waals surface area contributed by atoms with Crippen LogP contribution >= 0.6 is 0 Å². The third kappa shape index (κ3) is 3.55. The van der Waals surface area contributed by atoms with Crippen molar-refractivity contribution in [3.63, 3.8) is 0 Å². The highest BCUT2D eigenvalue weighted by Crippen LogP contribution is 2.40. The van der Waals surface area contributed by atoms with Crippen LogP contribution in [0.25, 0.3) is 0 Å². The predicted octanol–water partition coefficient (Wildman–Crippen LogP) is 4.29. The first-order valence-corrected chi connectivity index (χ1v) is 6.38. The Morgan fingerprint density at radius 1 is 1.12 bits per heavy atom. The molecule has 24 heavy (non-hydrogen) atoms. The van der Waals surface area contributed by atoms with Crippen LogP contribution in [-0.4, -0.2) is 12.0 Å². The minimum Gasteiger partial charge on any atom is -0.493 e. The van der Waals surface area contributed by atoms with Crippen LogP contribution in [0.2, 0.25) is 0 Å². The summed E-state index contributed by atoms with van der Waals surface area (Å²) in [7, 11) is 1.30. The Hall–Kier alpha value is -3.28. The third-order valence-electron chi connectivity index (χ3n) is 3.00. The lowest BCUT2D eigenvalue weighted by atomic mass is 10.1. The number of hydrogen-bond donors (Lipinski definition) is 0. The van der Waals surface area contributed by atoms with Crippen molar-refractivity contribution < 1.29 is 27.6 Å². The highest BCUT2D eigenvalue weighted by molar-refractivity contribution is 5.54. The van der Waals surface area contributed by atoms with Gasteiger partial charge >= 0.3 is 11.9 Å². The number of nitriles is 1. The number of nitro groups is 1. The van der Waals surface area contributed by atoms with Crippen LogP contribution in [0.15, 0.2) is 36.4 Å². The quantitative estimate of drug-likeness (QED) is 0.613. The fourth-order valence-corrected chi connectivity index (χ4v) is 1.86. The Morgan fingerprint density at radius 2 is 1.79 bits per heavy atom. The van der Waals surface area contributed by atoms with E-state index in [2.05, 4.69) is 0 Å². The number of rotatable bonds is 4. The summed E-state index contributed by atoms with van der Waals surface area (Å²) in [5.74, 6) is -0.237. The second-order valence-electron chi connectivity index (χ2n) is 4.52. The van der Waals surface area contributed by atoms with Gasteiger partial charge in [-0.1, -0.05) is 0 Å². The summed E-state index contributed by atoms with van der Waals surface area (Å²) in [6.07, 6.45) is -4.71. The summed E-state index contributed by atoms with van der Waals surface area (Å²) >= 11 is 0. The molecule has 0 spiro atoms. The van der Waals surface area contributed by atoms with Crippen LogP contribution in [-0.2, 0) is 6.18 Å². The second kappa shape index (κ2) is 6.45. The molecule has 0 aromatic heterocycles. The van der Waals surface area contributed by atoms with Gasteiger partial charge in [-0.3, -0.25) is 10.1 Å². The molecule has 0 atom stereocenters. The average Bonchev–Trinajstić information content (AvgIpc) is 2.54. The number of ether oxygens (including phenoxy) is 2. The summed E-state index contributed by atoms with van der Waals surface area (Å²) in [5, 5.41) is 19.8. The monoisotopic (exact) mass is 338 g/mol. The number of hydrogen-bond acceptors (Lipinski definition) is 5. The van der Waals surface area contributed by atoms with Crippen molar-refractivity contribution in [1.29, 1.82) is 5.26 Å². The molecule has 124 valence electrons. The number of alkyl halides is 3. The number of nitrogens with zero attached hydrogens (tertiary/aromatic N) is 2. The Balaban J connectivity index is 2.47. The molecule has 0 fully saturated rings.